The van der Waals surface area contributed by atoms with Crippen molar-refractivity contribution >= 4 is 5.97 Å². The fraction of sp³-hybridized carbons (Fsp3) is 0.667. The fourth-order valence-corrected chi connectivity index (χ4v) is 1.57. The van der Waals surface area contributed by atoms with Crippen LogP contribution >= 0.6 is 0 Å². The molecular weight excluding hydrogens is 212 g/mol. The van der Waals surface area contributed by atoms with E-state index in [4.69, 9.17) is 4.74 Å². The van der Waals surface area contributed by atoms with Crippen LogP contribution in [0.2, 0.25) is 0 Å². The molecule has 0 aliphatic rings. The summed E-state index contributed by atoms with van der Waals surface area (Å²) >= 11 is 0. The molecule has 0 bridgehead atoms. The van der Waals surface area contributed by atoms with Crippen molar-refractivity contribution < 1.29 is 9.53 Å². The third-order valence-corrected chi connectivity index (χ3v) is 2.40. The average Bonchev–Trinajstić information content (AvgIpc) is 2.26. The van der Waals surface area contributed by atoms with Crippen molar-refractivity contribution in [2.75, 3.05) is 0 Å². The Balaban J connectivity index is 3.27. The van der Waals surface area contributed by atoms with E-state index < -0.39 is 0 Å². The average molecular weight is 236 g/mol. The zero-order valence-electron chi connectivity index (χ0n) is 11.1. The van der Waals surface area contributed by atoms with Gasteiger partial charge in [0.05, 0.1) is 6.10 Å². The van der Waals surface area contributed by atoms with E-state index in [1.807, 2.05) is 13.0 Å². The molecule has 0 amide bonds. The molecule has 1 atom stereocenters. The smallest absolute Gasteiger partial charge is 0.302 e. The van der Waals surface area contributed by atoms with Gasteiger partial charge in [-0.15, -0.1) is 12.5 Å². The molecule has 2 nitrogen and oxygen atoms in total. The summed E-state index contributed by atoms with van der Waals surface area (Å²) in [6.07, 6.45) is 9.28. The van der Waals surface area contributed by atoms with Crippen LogP contribution in [0.25, 0.3) is 0 Å². The molecule has 2 heteroatoms. The van der Waals surface area contributed by atoms with Crippen LogP contribution in [-0.2, 0) is 9.53 Å². The zero-order chi connectivity index (χ0) is 12.9. The third kappa shape index (κ3) is 12.7. The Bertz CT molecular complexity index is 270. The summed E-state index contributed by atoms with van der Waals surface area (Å²) in [6.45, 7) is 7.02. The van der Waals surface area contributed by atoms with Crippen LogP contribution in [0.1, 0.15) is 58.8 Å². The summed E-state index contributed by atoms with van der Waals surface area (Å²) in [7, 11) is 0. The summed E-state index contributed by atoms with van der Waals surface area (Å²) in [5.74, 6) is 5.98. The first kappa shape index (κ1) is 15.8. The van der Waals surface area contributed by atoms with Gasteiger partial charge in [-0.3, -0.25) is 4.79 Å². The van der Waals surface area contributed by atoms with Crippen molar-refractivity contribution in [3.8, 4) is 11.8 Å². The first-order valence-electron chi connectivity index (χ1n) is 6.40. The largest absolute Gasteiger partial charge is 0.463 e. The Labute approximate surface area is 105 Å². The molecule has 0 aromatic carbocycles. The van der Waals surface area contributed by atoms with Crippen molar-refractivity contribution in [1.82, 2.24) is 0 Å². The third-order valence-electron chi connectivity index (χ3n) is 2.40. The van der Waals surface area contributed by atoms with E-state index in [0.717, 1.165) is 32.1 Å². The first-order valence-corrected chi connectivity index (χ1v) is 6.40. The van der Waals surface area contributed by atoms with Gasteiger partial charge in [0, 0.05) is 19.8 Å². The number of rotatable bonds is 8. The van der Waals surface area contributed by atoms with Gasteiger partial charge in [0.2, 0.25) is 0 Å². The van der Waals surface area contributed by atoms with Crippen molar-refractivity contribution in [3.63, 3.8) is 0 Å². The summed E-state index contributed by atoms with van der Waals surface area (Å²) in [5.41, 5.74) is 0. The normalized spacial score (nSPS) is 11.2. The number of carbonyl (C=O) groups is 1. The maximum absolute atomic E-state index is 10.7. The van der Waals surface area contributed by atoms with E-state index in [1.54, 1.807) is 0 Å². The molecular formula is C15H24O2. The minimum atomic E-state index is -0.185. The van der Waals surface area contributed by atoms with Gasteiger partial charge in [0.25, 0.3) is 0 Å². The van der Waals surface area contributed by atoms with Crippen LogP contribution in [0.3, 0.4) is 0 Å². The number of unbranched alkanes of at least 4 members (excludes halogenated alkanes) is 4. The standard InChI is InChI=1S/C15H24O2/c1-4-5-6-7-8-9-10-11-12-13-14(2)17-15(3)16/h4,14H,1,5,8-13H2,2-3H3. The van der Waals surface area contributed by atoms with Crippen LogP contribution in [-0.4, -0.2) is 12.1 Å². The van der Waals surface area contributed by atoms with Gasteiger partial charge < -0.3 is 4.74 Å². The number of esters is 1. The van der Waals surface area contributed by atoms with E-state index in [1.165, 1.54) is 19.8 Å². The molecule has 0 saturated heterocycles. The summed E-state index contributed by atoms with van der Waals surface area (Å²) in [6, 6.07) is 0. The molecule has 0 aromatic heterocycles. The molecule has 0 N–H and O–H groups in total. The Morgan fingerprint density at radius 2 is 2.00 bits per heavy atom. The van der Waals surface area contributed by atoms with Crippen molar-refractivity contribution in [1.29, 1.82) is 0 Å². The Kier molecular flexibility index (Phi) is 10.4. The maximum atomic E-state index is 10.7. The molecule has 0 aromatic rings. The summed E-state index contributed by atoms with van der Waals surface area (Å²) in [5, 5.41) is 0. The van der Waals surface area contributed by atoms with Gasteiger partial charge in [0.15, 0.2) is 0 Å². The highest BCUT2D eigenvalue weighted by molar-refractivity contribution is 5.66. The zero-order valence-corrected chi connectivity index (χ0v) is 11.1. The van der Waals surface area contributed by atoms with E-state index in [-0.39, 0.29) is 12.1 Å². The SMILES string of the molecule is C=CCC#CCCCCCCC(C)OC(C)=O. The van der Waals surface area contributed by atoms with E-state index in [0.29, 0.717) is 0 Å². The van der Waals surface area contributed by atoms with Gasteiger partial charge in [-0.05, 0) is 26.2 Å². The number of carbonyl (C=O) groups excluding carboxylic acids is 1. The molecule has 0 aliphatic carbocycles. The van der Waals surface area contributed by atoms with Crippen molar-refractivity contribution in [3.05, 3.63) is 12.7 Å². The van der Waals surface area contributed by atoms with E-state index in [9.17, 15) is 4.79 Å². The number of allylic oxidation sites excluding steroid dienone is 1. The lowest BCUT2D eigenvalue weighted by molar-refractivity contribution is -0.145. The van der Waals surface area contributed by atoms with Gasteiger partial charge in [0.1, 0.15) is 0 Å². The summed E-state index contributed by atoms with van der Waals surface area (Å²) < 4.78 is 5.05. The highest BCUT2D eigenvalue weighted by atomic mass is 16.5. The lowest BCUT2D eigenvalue weighted by atomic mass is 10.1. The molecule has 0 fully saturated rings. The monoisotopic (exact) mass is 236 g/mol. The summed E-state index contributed by atoms with van der Waals surface area (Å²) in [4.78, 5) is 10.7. The van der Waals surface area contributed by atoms with Crippen LogP contribution in [0.4, 0.5) is 0 Å². The Hall–Kier alpha value is -1.23. The number of hydrogen-bond acceptors (Lipinski definition) is 2. The van der Waals surface area contributed by atoms with Gasteiger partial charge in [-0.1, -0.05) is 24.8 Å². The topological polar surface area (TPSA) is 26.3 Å². The number of ether oxygens (including phenoxy) is 1. The quantitative estimate of drug-likeness (QED) is 0.277. The molecule has 0 spiro atoms. The minimum Gasteiger partial charge on any atom is -0.463 e. The second-order valence-electron chi connectivity index (χ2n) is 4.22. The highest BCUT2D eigenvalue weighted by Crippen LogP contribution is 2.09. The molecule has 0 saturated carbocycles. The molecule has 0 rings (SSSR count). The van der Waals surface area contributed by atoms with Crippen molar-refractivity contribution in [2.24, 2.45) is 0 Å². The molecule has 0 radical (unpaired) electrons. The Morgan fingerprint density at radius 1 is 1.29 bits per heavy atom. The van der Waals surface area contributed by atoms with Gasteiger partial charge in [-0.25, -0.2) is 0 Å². The van der Waals surface area contributed by atoms with Crippen molar-refractivity contribution in [2.45, 2.75) is 64.9 Å². The maximum Gasteiger partial charge on any atom is 0.302 e. The first-order chi connectivity index (χ1) is 8.16. The fourth-order valence-electron chi connectivity index (χ4n) is 1.57. The Morgan fingerprint density at radius 3 is 2.65 bits per heavy atom. The molecule has 1 unspecified atom stereocenters. The second kappa shape index (κ2) is 11.3. The second-order valence-corrected chi connectivity index (χ2v) is 4.22. The van der Waals surface area contributed by atoms with E-state index in [2.05, 4.69) is 18.4 Å². The highest BCUT2D eigenvalue weighted by Gasteiger charge is 2.03. The van der Waals surface area contributed by atoms with Gasteiger partial charge >= 0.3 is 5.97 Å². The van der Waals surface area contributed by atoms with Crippen LogP contribution in [0, 0.1) is 11.8 Å². The lowest BCUT2D eigenvalue weighted by Gasteiger charge is -2.10. The van der Waals surface area contributed by atoms with Crippen LogP contribution in [0.15, 0.2) is 12.7 Å². The minimum absolute atomic E-state index is 0.0554. The molecule has 17 heavy (non-hydrogen) atoms. The predicted octanol–water partition coefficient (Wildman–Crippen LogP) is 3.86. The molecule has 96 valence electrons. The lowest BCUT2D eigenvalue weighted by Crippen LogP contribution is -2.11. The number of hydrogen-bond donors (Lipinski definition) is 0. The van der Waals surface area contributed by atoms with Crippen LogP contribution < -0.4 is 0 Å². The molecule has 0 aliphatic heterocycles. The van der Waals surface area contributed by atoms with E-state index >= 15 is 0 Å². The molecule has 0 heterocycles. The predicted molar refractivity (Wildman–Crippen MR) is 71.5 cm³/mol. The van der Waals surface area contributed by atoms with Crippen LogP contribution in [0.5, 0.6) is 0 Å². The van der Waals surface area contributed by atoms with Gasteiger partial charge in [-0.2, -0.15) is 0 Å².